The minimum atomic E-state index is -1.50. The highest BCUT2D eigenvalue weighted by Gasteiger charge is 2.29. The van der Waals surface area contributed by atoms with Crippen LogP contribution in [0.1, 0.15) is 18.1 Å². The molecule has 0 fully saturated rings. The summed E-state index contributed by atoms with van der Waals surface area (Å²) in [5.41, 5.74) is -1.28. The maximum Gasteiger partial charge on any atom is 0.143 e. The minimum Gasteiger partial charge on any atom is -0.385 e. The second kappa shape index (κ2) is 6.32. The molecule has 0 aliphatic heterocycles. The van der Waals surface area contributed by atoms with Gasteiger partial charge in [-0.1, -0.05) is 33.6 Å². The van der Waals surface area contributed by atoms with Gasteiger partial charge in [-0.3, -0.25) is 0 Å². The number of halogens is 5. The molecule has 2 aromatic rings. The van der Waals surface area contributed by atoms with E-state index in [1.807, 2.05) is 0 Å². The molecular weight excluding hydrogens is 429 g/mol. The van der Waals surface area contributed by atoms with Crippen molar-refractivity contribution in [3.05, 3.63) is 67.1 Å². The molecule has 21 heavy (non-hydrogen) atoms. The van der Waals surface area contributed by atoms with Crippen molar-refractivity contribution in [1.29, 1.82) is 0 Å². The number of aliphatic hydroxyl groups is 1. The number of rotatable bonds is 3. The maximum atomic E-state index is 14.0. The number of hydrogen-bond donors (Lipinski definition) is 1. The van der Waals surface area contributed by atoms with Crippen LogP contribution in [-0.2, 0) is 12.0 Å². The number of hydrogen-bond acceptors (Lipinski definition) is 1. The van der Waals surface area contributed by atoms with E-state index in [4.69, 9.17) is 11.6 Å². The van der Waals surface area contributed by atoms with Crippen molar-refractivity contribution >= 4 is 43.5 Å². The zero-order valence-corrected chi connectivity index (χ0v) is 14.9. The third-order valence-electron chi connectivity index (χ3n) is 3.17. The van der Waals surface area contributed by atoms with Gasteiger partial charge in [-0.15, -0.1) is 0 Å². The molecule has 0 spiro atoms. The van der Waals surface area contributed by atoms with Crippen molar-refractivity contribution in [2.45, 2.75) is 18.9 Å². The lowest BCUT2D eigenvalue weighted by Gasteiger charge is -2.26. The lowest BCUT2D eigenvalue weighted by molar-refractivity contribution is 0.0557. The van der Waals surface area contributed by atoms with E-state index >= 15 is 0 Å². The quantitative estimate of drug-likeness (QED) is 0.617. The summed E-state index contributed by atoms with van der Waals surface area (Å²) in [6.07, 6.45) is -0.231. The molecular formula is C15H11Br2ClF2O. The molecule has 6 heteroatoms. The first-order valence-corrected chi connectivity index (χ1v) is 7.99. The fourth-order valence-corrected chi connectivity index (χ4v) is 3.35. The highest BCUT2D eigenvalue weighted by molar-refractivity contribution is 9.10. The fourth-order valence-electron chi connectivity index (χ4n) is 2.10. The average molecular weight is 441 g/mol. The summed E-state index contributed by atoms with van der Waals surface area (Å²) in [6, 6.07) is 7.40. The Balaban J connectivity index is 2.44. The summed E-state index contributed by atoms with van der Waals surface area (Å²) in [5.74, 6) is -1.42. The smallest absolute Gasteiger partial charge is 0.143 e. The van der Waals surface area contributed by atoms with Gasteiger partial charge in [0.25, 0.3) is 0 Å². The van der Waals surface area contributed by atoms with Crippen molar-refractivity contribution in [3.8, 4) is 0 Å². The molecule has 0 radical (unpaired) electrons. The van der Waals surface area contributed by atoms with Gasteiger partial charge >= 0.3 is 0 Å². The van der Waals surface area contributed by atoms with Gasteiger partial charge in [-0.2, -0.15) is 0 Å². The van der Waals surface area contributed by atoms with Crippen LogP contribution in [-0.4, -0.2) is 5.11 Å². The van der Waals surface area contributed by atoms with E-state index in [0.29, 0.717) is 10.6 Å². The van der Waals surface area contributed by atoms with Crippen LogP contribution in [0, 0.1) is 11.6 Å². The van der Waals surface area contributed by atoms with E-state index in [2.05, 4.69) is 31.9 Å². The SMILES string of the molecule is CC(O)(Cc1c(F)ccc(Br)c1F)c1ccc(Br)cc1Cl. The van der Waals surface area contributed by atoms with Gasteiger partial charge < -0.3 is 5.11 Å². The largest absolute Gasteiger partial charge is 0.385 e. The molecule has 0 aromatic heterocycles. The lowest BCUT2D eigenvalue weighted by Crippen LogP contribution is -2.26. The summed E-state index contributed by atoms with van der Waals surface area (Å²) in [6.45, 7) is 1.47. The van der Waals surface area contributed by atoms with Crippen LogP contribution < -0.4 is 0 Å². The van der Waals surface area contributed by atoms with E-state index in [9.17, 15) is 13.9 Å². The molecule has 1 unspecified atom stereocenters. The molecule has 2 aromatic carbocycles. The van der Waals surface area contributed by atoms with Crippen LogP contribution >= 0.6 is 43.5 Å². The lowest BCUT2D eigenvalue weighted by atomic mass is 9.88. The fraction of sp³-hybridized carbons (Fsp3) is 0.200. The van der Waals surface area contributed by atoms with Gasteiger partial charge in [0.1, 0.15) is 11.6 Å². The van der Waals surface area contributed by atoms with Crippen molar-refractivity contribution in [1.82, 2.24) is 0 Å². The van der Waals surface area contributed by atoms with Crippen LogP contribution in [0.3, 0.4) is 0 Å². The van der Waals surface area contributed by atoms with Gasteiger partial charge in [0.05, 0.1) is 10.1 Å². The van der Waals surface area contributed by atoms with E-state index in [-0.39, 0.29) is 16.5 Å². The third-order valence-corrected chi connectivity index (χ3v) is 4.59. The Bertz CT molecular complexity index is 690. The molecule has 0 amide bonds. The van der Waals surface area contributed by atoms with Gasteiger partial charge in [0.15, 0.2) is 0 Å². The molecule has 112 valence electrons. The van der Waals surface area contributed by atoms with Gasteiger partial charge in [-0.25, -0.2) is 8.78 Å². The van der Waals surface area contributed by atoms with Gasteiger partial charge in [-0.05, 0) is 47.1 Å². The molecule has 1 atom stereocenters. The second-order valence-electron chi connectivity index (χ2n) is 4.90. The minimum absolute atomic E-state index is 0.150. The standard InChI is InChI=1S/C15H11Br2ClF2O/c1-15(21,10-3-2-8(16)6-12(10)18)7-9-13(19)5-4-11(17)14(9)20/h2-6,21H,7H2,1H3. The molecule has 2 rings (SSSR count). The number of benzene rings is 2. The molecule has 0 bridgehead atoms. The van der Waals surface area contributed by atoms with E-state index in [0.717, 1.165) is 10.5 Å². The monoisotopic (exact) mass is 438 g/mol. The van der Waals surface area contributed by atoms with Crippen molar-refractivity contribution in [2.24, 2.45) is 0 Å². The highest BCUT2D eigenvalue weighted by atomic mass is 79.9. The average Bonchev–Trinajstić information content (AvgIpc) is 2.39. The van der Waals surface area contributed by atoms with Crippen LogP contribution in [0.15, 0.2) is 39.3 Å². The van der Waals surface area contributed by atoms with Crippen LogP contribution in [0.25, 0.3) is 0 Å². The molecule has 0 aliphatic carbocycles. The Morgan fingerprint density at radius 3 is 2.48 bits per heavy atom. The Kier molecular flexibility index (Phi) is 5.08. The van der Waals surface area contributed by atoms with E-state index in [1.165, 1.54) is 13.0 Å². The summed E-state index contributed by atoms with van der Waals surface area (Å²) in [4.78, 5) is 0. The molecule has 0 saturated carbocycles. The topological polar surface area (TPSA) is 20.2 Å². The Morgan fingerprint density at radius 1 is 1.19 bits per heavy atom. The molecule has 0 aliphatic rings. The van der Waals surface area contributed by atoms with E-state index in [1.54, 1.807) is 18.2 Å². The van der Waals surface area contributed by atoms with Crippen LogP contribution in [0.2, 0.25) is 5.02 Å². The first-order chi connectivity index (χ1) is 9.72. The Morgan fingerprint density at radius 2 is 1.86 bits per heavy atom. The highest BCUT2D eigenvalue weighted by Crippen LogP contribution is 2.35. The molecule has 0 saturated heterocycles. The van der Waals surface area contributed by atoms with E-state index < -0.39 is 17.2 Å². The predicted molar refractivity (Wildman–Crippen MR) is 86.5 cm³/mol. The summed E-state index contributed by atoms with van der Waals surface area (Å²) in [5, 5.41) is 10.9. The van der Waals surface area contributed by atoms with Gasteiger partial charge in [0, 0.05) is 27.0 Å². The Labute approximate surface area is 143 Å². The summed E-state index contributed by atoms with van der Waals surface area (Å²) >= 11 is 12.4. The first kappa shape index (κ1) is 16.9. The van der Waals surface area contributed by atoms with Crippen molar-refractivity contribution in [3.63, 3.8) is 0 Å². The first-order valence-electron chi connectivity index (χ1n) is 6.02. The van der Waals surface area contributed by atoms with Crippen LogP contribution in [0.4, 0.5) is 8.78 Å². The molecule has 1 nitrogen and oxygen atoms in total. The third kappa shape index (κ3) is 3.65. The van der Waals surface area contributed by atoms with Gasteiger partial charge in [0.2, 0.25) is 0 Å². The molecule has 1 N–H and O–H groups in total. The zero-order chi connectivity index (χ0) is 15.8. The van der Waals surface area contributed by atoms with Crippen molar-refractivity contribution in [2.75, 3.05) is 0 Å². The van der Waals surface area contributed by atoms with Crippen molar-refractivity contribution < 1.29 is 13.9 Å². The predicted octanol–water partition coefficient (Wildman–Crippen LogP) is 5.59. The Hall–Kier alpha value is -0.490. The second-order valence-corrected chi connectivity index (χ2v) is 7.07. The molecule has 0 heterocycles. The normalized spacial score (nSPS) is 14.0. The summed E-state index contributed by atoms with van der Waals surface area (Å²) < 4.78 is 28.8. The maximum absolute atomic E-state index is 14.0. The zero-order valence-electron chi connectivity index (χ0n) is 10.9. The van der Waals surface area contributed by atoms with Crippen LogP contribution in [0.5, 0.6) is 0 Å². The summed E-state index contributed by atoms with van der Waals surface area (Å²) in [7, 11) is 0.